The number of benzene rings is 1. The number of hydrogen-bond donors (Lipinski definition) is 1. The van der Waals surface area contributed by atoms with Crippen LogP contribution in [0.15, 0.2) is 39.9 Å². The van der Waals surface area contributed by atoms with Crippen LogP contribution in [0.2, 0.25) is 0 Å². The molecule has 0 aliphatic rings. The van der Waals surface area contributed by atoms with Crippen molar-refractivity contribution in [3.8, 4) is 0 Å². The monoisotopic (exact) mass is 366 g/mol. The Labute approximate surface area is 153 Å². The second-order valence-electron chi connectivity index (χ2n) is 6.30. The molecule has 0 spiro atoms. The van der Waals surface area contributed by atoms with E-state index in [2.05, 4.69) is 15.1 Å². The second kappa shape index (κ2) is 6.67. The molecule has 0 unspecified atom stereocenters. The molecule has 1 aromatic carbocycles. The quantitative estimate of drug-likeness (QED) is 0.547. The van der Waals surface area contributed by atoms with Crippen LogP contribution in [0.5, 0.6) is 0 Å². The van der Waals surface area contributed by atoms with Crippen molar-refractivity contribution in [2.24, 2.45) is 5.73 Å². The van der Waals surface area contributed by atoms with Gasteiger partial charge in [0.1, 0.15) is 24.1 Å². The Hall–Kier alpha value is -3.49. The van der Waals surface area contributed by atoms with Crippen LogP contribution in [0.3, 0.4) is 0 Å². The SMILES string of the molecule is CCCc1noc(Cn2cnc3c4ccccc4n(CC(N)=O)c3c2=O)n1. The molecular weight excluding hydrogens is 348 g/mol. The van der Waals surface area contributed by atoms with Gasteiger partial charge < -0.3 is 14.8 Å². The molecule has 0 radical (unpaired) electrons. The second-order valence-corrected chi connectivity index (χ2v) is 6.30. The number of nitrogens with two attached hydrogens (primary N) is 1. The van der Waals surface area contributed by atoms with Crippen LogP contribution in [0.4, 0.5) is 0 Å². The molecule has 138 valence electrons. The Morgan fingerprint density at radius 3 is 2.89 bits per heavy atom. The van der Waals surface area contributed by atoms with Gasteiger partial charge in [-0.2, -0.15) is 4.98 Å². The summed E-state index contributed by atoms with van der Waals surface area (Å²) in [7, 11) is 0. The maximum absolute atomic E-state index is 13.1. The summed E-state index contributed by atoms with van der Waals surface area (Å²) >= 11 is 0. The van der Waals surface area contributed by atoms with Gasteiger partial charge in [0, 0.05) is 11.8 Å². The van der Waals surface area contributed by atoms with Gasteiger partial charge in [-0.05, 0) is 12.5 Å². The van der Waals surface area contributed by atoms with E-state index >= 15 is 0 Å². The first-order valence-corrected chi connectivity index (χ1v) is 8.64. The molecule has 1 amide bonds. The number of hydrogen-bond acceptors (Lipinski definition) is 6. The van der Waals surface area contributed by atoms with Gasteiger partial charge in [0.15, 0.2) is 5.82 Å². The number of aromatic nitrogens is 5. The number of aryl methyl sites for hydroxylation is 1. The van der Waals surface area contributed by atoms with Gasteiger partial charge in [-0.1, -0.05) is 30.3 Å². The highest BCUT2D eigenvalue weighted by molar-refractivity contribution is 6.05. The highest BCUT2D eigenvalue weighted by atomic mass is 16.5. The molecule has 0 aliphatic heterocycles. The normalized spacial score (nSPS) is 11.4. The first kappa shape index (κ1) is 17.0. The van der Waals surface area contributed by atoms with E-state index in [1.165, 1.54) is 10.9 Å². The Bertz CT molecular complexity index is 1200. The molecule has 4 aromatic rings. The van der Waals surface area contributed by atoms with E-state index in [-0.39, 0.29) is 18.6 Å². The highest BCUT2D eigenvalue weighted by Crippen LogP contribution is 2.25. The topological polar surface area (TPSA) is 122 Å². The summed E-state index contributed by atoms with van der Waals surface area (Å²) in [6.45, 7) is 2.03. The molecule has 0 aliphatic carbocycles. The lowest BCUT2D eigenvalue weighted by molar-refractivity contribution is -0.118. The predicted molar refractivity (Wildman–Crippen MR) is 98.1 cm³/mol. The number of para-hydroxylation sites is 1. The number of nitrogens with zero attached hydrogens (tertiary/aromatic N) is 5. The summed E-state index contributed by atoms with van der Waals surface area (Å²) in [6.07, 6.45) is 3.07. The number of carbonyl (C=O) groups excluding carboxylic acids is 1. The molecule has 4 rings (SSSR count). The van der Waals surface area contributed by atoms with E-state index in [1.807, 2.05) is 31.2 Å². The Morgan fingerprint density at radius 1 is 1.30 bits per heavy atom. The standard InChI is InChI=1S/C18H18N6O3/c1-2-5-14-21-15(27-22-14)9-23-10-20-16-11-6-3-4-7-12(11)24(8-13(19)25)17(16)18(23)26/h3-4,6-7,10H,2,5,8-9H2,1H3,(H2,19,25). The summed E-state index contributed by atoms with van der Waals surface area (Å²) in [5, 5.41) is 4.69. The average molecular weight is 366 g/mol. The van der Waals surface area contributed by atoms with Gasteiger partial charge in [-0.3, -0.25) is 14.2 Å². The molecule has 0 bridgehead atoms. The summed E-state index contributed by atoms with van der Waals surface area (Å²) in [5.74, 6) is 0.408. The van der Waals surface area contributed by atoms with Crippen molar-refractivity contribution >= 4 is 27.8 Å². The van der Waals surface area contributed by atoms with E-state index in [0.717, 1.165) is 17.3 Å². The van der Waals surface area contributed by atoms with Crippen LogP contribution < -0.4 is 11.3 Å². The van der Waals surface area contributed by atoms with Gasteiger partial charge in [0.25, 0.3) is 5.56 Å². The van der Waals surface area contributed by atoms with Crippen LogP contribution in [-0.4, -0.2) is 30.2 Å². The lowest BCUT2D eigenvalue weighted by Crippen LogP contribution is -2.25. The molecular formula is C18H18N6O3. The fraction of sp³-hybridized carbons (Fsp3) is 0.278. The largest absolute Gasteiger partial charge is 0.368 e. The van der Waals surface area contributed by atoms with Crippen molar-refractivity contribution in [1.29, 1.82) is 0 Å². The van der Waals surface area contributed by atoms with E-state index < -0.39 is 5.91 Å². The van der Waals surface area contributed by atoms with E-state index in [9.17, 15) is 9.59 Å². The third kappa shape index (κ3) is 2.97. The fourth-order valence-electron chi connectivity index (χ4n) is 3.21. The molecule has 0 atom stereocenters. The zero-order valence-corrected chi connectivity index (χ0v) is 14.8. The minimum Gasteiger partial charge on any atom is -0.368 e. The number of amides is 1. The van der Waals surface area contributed by atoms with Crippen LogP contribution in [0.1, 0.15) is 25.1 Å². The first-order valence-electron chi connectivity index (χ1n) is 8.64. The van der Waals surface area contributed by atoms with Crippen molar-refractivity contribution < 1.29 is 9.32 Å². The summed E-state index contributed by atoms with van der Waals surface area (Å²) in [6, 6.07) is 7.39. The van der Waals surface area contributed by atoms with Crippen LogP contribution in [-0.2, 0) is 24.3 Å². The van der Waals surface area contributed by atoms with Crippen molar-refractivity contribution in [1.82, 2.24) is 24.3 Å². The number of fused-ring (bicyclic) bond motifs is 3. The molecule has 2 N–H and O–H groups in total. The molecule has 0 saturated heterocycles. The van der Waals surface area contributed by atoms with Gasteiger partial charge in [-0.15, -0.1) is 0 Å². The number of carbonyl (C=O) groups is 1. The minimum absolute atomic E-state index is 0.105. The van der Waals surface area contributed by atoms with Crippen LogP contribution in [0, 0.1) is 0 Å². The molecule has 9 heteroatoms. The molecule has 0 fully saturated rings. The van der Waals surface area contributed by atoms with E-state index in [0.29, 0.717) is 29.2 Å². The van der Waals surface area contributed by atoms with Crippen molar-refractivity contribution in [3.63, 3.8) is 0 Å². The average Bonchev–Trinajstić information content (AvgIpc) is 3.21. The lowest BCUT2D eigenvalue weighted by atomic mass is 10.2. The molecule has 9 nitrogen and oxygen atoms in total. The number of rotatable bonds is 6. The Morgan fingerprint density at radius 2 is 2.11 bits per heavy atom. The predicted octanol–water partition coefficient (Wildman–Crippen LogP) is 1.22. The van der Waals surface area contributed by atoms with Gasteiger partial charge in [0.05, 0.1) is 11.8 Å². The third-order valence-electron chi connectivity index (χ3n) is 4.34. The highest BCUT2D eigenvalue weighted by Gasteiger charge is 2.18. The van der Waals surface area contributed by atoms with Gasteiger partial charge in [0.2, 0.25) is 11.8 Å². The van der Waals surface area contributed by atoms with Crippen molar-refractivity contribution in [3.05, 3.63) is 52.7 Å². The number of primary amides is 1. The smallest absolute Gasteiger partial charge is 0.278 e. The van der Waals surface area contributed by atoms with Crippen LogP contribution >= 0.6 is 0 Å². The molecule has 27 heavy (non-hydrogen) atoms. The Kier molecular flexibility index (Phi) is 4.19. The van der Waals surface area contributed by atoms with Crippen LogP contribution in [0.25, 0.3) is 21.9 Å². The summed E-state index contributed by atoms with van der Waals surface area (Å²) in [5.41, 5.74) is 6.68. The summed E-state index contributed by atoms with van der Waals surface area (Å²) in [4.78, 5) is 33.4. The lowest BCUT2D eigenvalue weighted by Gasteiger charge is -2.05. The molecule has 3 heterocycles. The third-order valence-corrected chi connectivity index (χ3v) is 4.34. The van der Waals surface area contributed by atoms with Gasteiger partial charge >= 0.3 is 0 Å². The zero-order chi connectivity index (χ0) is 19.0. The maximum atomic E-state index is 13.1. The molecule has 0 saturated carbocycles. The van der Waals surface area contributed by atoms with Crippen molar-refractivity contribution in [2.45, 2.75) is 32.9 Å². The minimum atomic E-state index is -0.534. The first-order chi connectivity index (χ1) is 13.1. The summed E-state index contributed by atoms with van der Waals surface area (Å²) < 4.78 is 8.21. The van der Waals surface area contributed by atoms with E-state index in [4.69, 9.17) is 10.3 Å². The Balaban J connectivity index is 1.86. The fourth-order valence-corrected chi connectivity index (χ4v) is 3.21. The zero-order valence-electron chi connectivity index (χ0n) is 14.8. The van der Waals surface area contributed by atoms with Gasteiger partial charge in [-0.25, -0.2) is 4.98 Å². The maximum Gasteiger partial charge on any atom is 0.278 e. The van der Waals surface area contributed by atoms with Crippen molar-refractivity contribution in [2.75, 3.05) is 0 Å². The molecule has 3 aromatic heterocycles. The van der Waals surface area contributed by atoms with E-state index in [1.54, 1.807) is 4.57 Å².